The van der Waals surface area contributed by atoms with Gasteiger partial charge in [-0.25, -0.2) is 9.59 Å². The molecule has 1 aliphatic heterocycles. The molecule has 6 nitrogen and oxygen atoms in total. The Labute approximate surface area is 186 Å². The molecule has 0 bridgehead atoms. The van der Waals surface area contributed by atoms with Gasteiger partial charge in [-0.2, -0.15) is 0 Å². The number of aryl methyl sites for hydroxylation is 1. The highest BCUT2D eigenvalue weighted by atomic mass is 16.5. The number of ether oxygens (including phenoxy) is 2. The third kappa shape index (κ3) is 3.74. The standard InChI is InChI=1S/C26H27NO5/c1-2-3-14-30-25(28)17-8-10-18(11-9-17)27-15-22-23(31-16-27)13-12-20-19-6-4-5-7-21(19)26(29)32-24(20)22/h8-13H,2-7,14-16H2,1H3. The van der Waals surface area contributed by atoms with Crippen LogP contribution in [0.2, 0.25) is 0 Å². The molecule has 2 heterocycles. The average Bonchev–Trinajstić information content (AvgIpc) is 2.84. The SMILES string of the molecule is CCCCOC(=O)c1ccc(N2COc3ccc4c5c(c(=O)oc4c3C2)CCCC5)cc1. The first-order valence-electron chi connectivity index (χ1n) is 11.4. The number of fused-ring (bicyclic) bond motifs is 5. The second kappa shape index (κ2) is 8.69. The van der Waals surface area contributed by atoms with E-state index in [2.05, 4.69) is 11.8 Å². The smallest absolute Gasteiger partial charge is 0.339 e. The van der Waals surface area contributed by atoms with Gasteiger partial charge < -0.3 is 18.8 Å². The summed E-state index contributed by atoms with van der Waals surface area (Å²) in [5.41, 5.74) is 4.73. The van der Waals surface area contributed by atoms with Gasteiger partial charge in [0.05, 0.1) is 24.3 Å². The van der Waals surface area contributed by atoms with Crippen molar-refractivity contribution in [1.82, 2.24) is 0 Å². The number of hydrogen-bond donors (Lipinski definition) is 0. The fourth-order valence-corrected chi connectivity index (χ4v) is 4.58. The number of nitrogens with zero attached hydrogens (tertiary/aromatic N) is 1. The van der Waals surface area contributed by atoms with Crippen molar-refractivity contribution < 1.29 is 18.7 Å². The highest BCUT2D eigenvalue weighted by molar-refractivity contribution is 5.90. The zero-order valence-corrected chi connectivity index (χ0v) is 18.3. The van der Waals surface area contributed by atoms with Crippen molar-refractivity contribution in [2.45, 2.75) is 52.0 Å². The Morgan fingerprint density at radius 2 is 1.81 bits per heavy atom. The van der Waals surface area contributed by atoms with Crippen molar-refractivity contribution in [3.63, 3.8) is 0 Å². The van der Waals surface area contributed by atoms with E-state index >= 15 is 0 Å². The second-order valence-corrected chi connectivity index (χ2v) is 8.48. The fourth-order valence-electron chi connectivity index (χ4n) is 4.58. The number of anilines is 1. The molecule has 166 valence electrons. The van der Waals surface area contributed by atoms with Crippen LogP contribution < -0.4 is 15.3 Å². The number of carbonyl (C=O) groups is 1. The summed E-state index contributed by atoms with van der Waals surface area (Å²) >= 11 is 0. The fraction of sp³-hybridized carbons (Fsp3) is 0.385. The monoisotopic (exact) mass is 433 g/mol. The molecule has 0 fully saturated rings. The molecule has 32 heavy (non-hydrogen) atoms. The highest BCUT2D eigenvalue weighted by Gasteiger charge is 2.25. The predicted octanol–water partition coefficient (Wildman–Crippen LogP) is 4.99. The molecule has 0 radical (unpaired) electrons. The van der Waals surface area contributed by atoms with Gasteiger partial charge in [-0.3, -0.25) is 0 Å². The maximum Gasteiger partial charge on any atom is 0.339 e. The van der Waals surface area contributed by atoms with E-state index in [0.717, 1.165) is 72.0 Å². The van der Waals surface area contributed by atoms with Crippen LogP contribution in [0, 0.1) is 0 Å². The van der Waals surface area contributed by atoms with Crippen LogP contribution in [-0.4, -0.2) is 19.3 Å². The third-order valence-corrected chi connectivity index (χ3v) is 6.38. The summed E-state index contributed by atoms with van der Waals surface area (Å²) in [6, 6.07) is 11.4. The topological polar surface area (TPSA) is 69.0 Å². The molecular formula is C26H27NO5. The van der Waals surface area contributed by atoms with Gasteiger partial charge in [0.2, 0.25) is 0 Å². The van der Waals surface area contributed by atoms with Crippen LogP contribution in [0.3, 0.4) is 0 Å². The lowest BCUT2D eigenvalue weighted by Crippen LogP contribution is -2.32. The van der Waals surface area contributed by atoms with Crippen LogP contribution in [-0.2, 0) is 24.1 Å². The van der Waals surface area contributed by atoms with Crippen LogP contribution in [0.25, 0.3) is 11.0 Å². The molecule has 1 aromatic heterocycles. The zero-order valence-electron chi connectivity index (χ0n) is 18.3. The number of esters is 1. The first-order chi connectivity index (χ1) is 15.7. The maximum absolute atomic E-state index is 12.6. The second-order valence-electron chi connectivity index (χ2n) is 8.48. The van der Waals surface area contributed by atoms with E-state index < -0.39 is 0 Å². The Hall–Kier alpha value is -3.28. The molecule has 0 saturated heterocycles. The van der Waals surface area contributed by atoms with Crippen LogP contribution in [0.1, 0.15) is 59.7 Å². The minimum absolute atomic E-state index is 0.219. The largest absolute Gasteiger partial charge is 0.473 e. The van der Waals surface area contributed by atoms with Gasteiger partial charge in [0.25, 0.3) is 0 Å². The van der Waals surface area contributed by atoms with Crippen LogP contribution in [0.15, 0.2) is 45.6 Å². The average molecular weight is 434 g/mol. The Bertz CT molecular complexity index is 1210. The molecule has 0 unspecified atom stereocenters. The molecule has 0 amide bonds. The Balaban J connectivity index is 1.42. The number of unbranched alkanes of at least 4 members (excludes halogenated alkanes) is 1. The van der Waals surface area contributed by atoms with E-state index in [1.165, 1.54) is 0 Å². The molecule has 0 atom stereocenters. The molecule has 5 rings (SSSR count). The van der Waals surface area contributed by atoms with Crippen molar-refractivity contribution in [3.05, 3.63) is 69.1 Å². The molecule has 0 saturated carbocycles. The summed E-state index contributed by atoms with van der Waals surface area (Å²) in [6.07, 6.45) is 5.69. The summed E-state index contributed by atoms with van der Waals surface area (Å²) in [6.45, 7) is 3.45. The normalized spacial score (nSPS) is 15.1. The zero-order chi connectivity index (χ0) is 22.1. The Morgan fingerprint density at radius 3 is 2.59 bits per heavy atom. The van der Waals surface area contributed by atoms with Crippen molar-refractivity contribution in [1.29, 1.82) is 0 Å². The highest BCUT2D eigenvalue weighted by Crippen LogP contribution is 2.36. The molecular weight excluding hydrogens is 406 g/mol. The van der Waals surface area contributed by atoms with Gasteiger partial charge in [-0.15, -0.1) is 0 Å². The lowest BCUT2D eigenvalue weighted by molar-refractivity contribution is 0.0500. The third-order valence-electron chi connectivity index (χ3n) is 6.38. The molecule has 3 aromatic rings. The van der Waals surface area contributed by atoms with Gasteiger partial charge in [-0.1, -0.05) is 13.3 Å². The van der Waals surface area contributed by atoms with Crippen molar-refractivity contribution in [2.75, 3.05) is 18.2 Å². The van der Waals surface area contributed by atoms with Crippen LogP contribution in [0.5, 0.6) is 5.75 Å². The van der Waals surface area contributed by atoms with Crippen LogP contribution in [0.4, 0.5) is 5.69 Å². The van der Waals surface area contributed by atoms with E-state index in [0.29, 0.717) is 31.0 Å². The minimum atomic E-state index is -0.303. The van der Waals surface area contributed by atoms with Gasteiger partial charge in [0, 0.05) is 16.6 Å². The predicted molar refractivity (Wildman–Crippen MR) is 122 cm³/mol. The first-order valence-corrected chi connectivity index (χ1v) is 11.4. The Morgan fingerprint density at radius 1 is 1.03 bits per heavy atom. The van der Waals surface area contributed by atoms with E-state index in [1.807, 2.05) is 24.3 Å². The summed E-state index contributed by atoms with van der Waals surface area (Å²) in [4.78, 5) is 26.9. The van der Waals surface area contributed by atoms with E-state index in [4.69, 9.17) is 13.9 Å². The summed E-state index contributed by atoms with van der Waals surface area (Å²) in [7, 11) is 0. The number of rotatable bonds is 5. The quantitative estimate of drug-likeness (QED) is 0.321. The molecule has 2 aromatic carbocycles. The number of hydrogen-bond acceptors (Lipinski definition) is 6. The minimum Gasteiger partial charge on any atom is -0.473 e. The number of carbonyl (C=O) groups excluding carboxylic acids is 1. The van der Waals surface area contributed by atoms with E-state index in [1.54, 1.807) is 12.1 Å². The molecule has 0 N–H and O–H groups in total. The van der Waals surface area contributed by atoms with Crippen molar-refractivity contribution >= 4 is 22.6 Å². The maximum atomic E-state index is 12.6. The van der Waals surface area contributed by atoms with E-state index in [9.17, 15) is 9.59 Å². The van der Waals surface area contributed by atoms with Gasteiger partial charge in [0.1, 0.15) is 11.3 Å². The summed E-state index contributed by atoms with van der Waals surface area (Å²) < 4.78 is 17.1. The van der Waals surface area contributed by atoms with Crippen molar-refractivity contribution in [3.8, 4) is 5.75 Å². The summed E-state index contributed by atoms with van der Waals surface area (Å²) in [5.74, 6) is 0.451. The lowest BCUT2D eigenvalue weighted by atomic mass is 9.90. The van der Waals surface area contributed by atoms with Crippen LogP contribution >= 0.6 is 0 Å². The molecule has 2 aliphatic rings. The van der Waals surface area contributed by atoms with E-state index in [-0.39, 0.29) is 11.6 Å². The Kier molecular flexibility index (Phi) is 5.60. The van der Waals surface area contributed by atoms with Crippen molar-refractivity contribution in [2.24, 2.45) is 0 Å². The van der Waals surface area contributed by atoms with Gasteiger partial charge in [0.15, 0.2) is 6.73 Å². The lowest BCUT2D eigenvalue weighted by Gasteiger charge is -2.31. The summed E-state index contributed by atoms with van der Waals surface area (Å²) in [5, 5.41) is 1.02. The van der Waals surface area contributed by atoms with Gasteiger partial charge in [-0.05, 0) is 74.1 Å². The molecule has 0 spiro atoms. The number of benzene rings is 2. The first kappa shape index (κ1) is 20.6. The molecule has 1 aliphatic carbocycles. The molecule has 6 heteroatoms. The van der Waals surface area contributed by atoms with Gasteiger partial charge >= 0.3 is 11.6 Å².